The Morgan fingerprint density at radius 1 is 1.07 bits per heavy atom. The Hall–Kier alpha value is -3.82. The van der Waals surface area contributed by atoms with Gasteiger partial charge in [-0.1, -0.05) is 58.4 Å². The number of ether oxygens (including phenoxy) is 2. The third kappa shape index (κ3) is 6.79. The van der Waals surface area contributed by atoms with E-state index in [1.807, 2.05) is 55.5 Å². The number of halogens is 1. The summed E-state index contributed by atoms with van der Waals surface area (Å²) in [7, 11) is 0. The molecule has 0 spiro atoms. The van der Waals surface area contributed by atoms with Gasteiger partial charge in [0.25, 0.3) is 11.1 Å². The Bertz CT molecular complexity index is 1550. The molecular weight excluding hydrogens is 616 g/mol. The largest absolute Gasteiger partial charge is 0.490 e. The van der Waals surface area contributed by atoms with Gasteiger partial charge < -0.3 is 14.4 Å². The van der Waals surface area contributed by atoms with Gasteiger partial charge in [0, 0.05) is 23.1 Å². The van der Waals surface area contributed by atoms with Crippen molar-refractivity contribution in [3.05, 3.63) is 111 Å². The van der Waals surface area contributed by atoms with E-state index in [0.717, 1.165) is 44.2 Å². The molecule has 2 heterocycles. The summed E-state index contributed by atoms with van der Waals surface area (Å²) >= 11 is 4.29. The molecule has 42 heavy (non-hydrogen) atoms. The molecule has 0 saturated carbocycles. The monoisotopic (exact) mass is 646 g/mol. The highest BCUT2D eigenvalue weighted by molar-refractivity contribution is 9.10. The van der Waals surface area contributed by atoms with Crippen LogP contribution in [0.5, 0.6) is 11.5 Å². The SMILES string of the molecule is C=CCc1cc(/C=C2\SC(=O)N(CC(=O)N3CCc4ccccc4C3)C2=O)cc(OCC)c1OCc1ccc(Br)cc1. The zero-order valence-electron chi connectivity index (χ0n) is 23.3. The summed E-state index contributed by atoms with van der Waals surface area (Å²) in [4.78, 5) is 42.2. The van der Waals surface area contributed by atoms with E-state index in [9.17, 15) is 14.4 Å². The Morgan fingerprint density at radius 3 is 2.57 bits per heavy atom. The molecule has 0 bridgehead atoms. The predicted octanol–water partition coefficient (Wildman–Crippen LogP) is 6.78. The average molecular weight is 648 g/mol. The van der Waals surface area contributed by atoms with Gasteiger partial charge in [0.05, 0.1) is 11.5 Å². The van der Waals surface area contributed by atoms with Crippen LogP contribution in [0, 0.1) is 0 Å². The number of allylic oxidation sites excluding steroid dienone is 1. The Balaban J connectivity index is 1.33. The third-order valence-corrected chi connectivity index (χ3v) is 8.50. The Labute approximate surface area is 258 Å². The molecular formula is C33H31BrN2O5S. The van der Waals surface area contributed by atoms with Gasteiger partial charge in [-0.2, -0.15) is 0 Å². The first-order chi connectivity index (χ1) is 20.4. The van der Waals surface area contributed by atoms with Gasteiger partial charge in [0.15, 0.2) is 11.5 Å². The van der Waals surface area contributed by atoms with E-state index in [1.165, 1.54) is 5.56 Å². The predicted molar refractivity (Wildman–Crippen MR) is 168 cm³/mol. The molecule has 0 atom stereocenters. The Kier molecular flexibility index (Phi) is 9.49. The smallest absolute Gasteiger partial charge is 0.294 e. The van der Waals surface area contributed by atoms with Gasteiger partial charge in [-0.05, 0) is 84.1 Å². The molecule has 3 aromatic rings. The van der Waals surface area contributed by atoms with E-state index in [0.29, 0.717) is 49.8 Å². The minimum absolute atomic E-state index is 0.243. The van der Waals surface area contributed by atoms with Crippen LogP contribution in [-0.2, 0) is 35.6 Å². The van der Waals surface area contributed by atoms with Gasteiger partial charge in [0.1, 0.15) is 13.2 Å². The number of thioether (sulfide) groups is 1. The van der Waals surface area contributed by atoms with Crippen LogP contribution in [0.25, 0.3) is 6.08 Å². The molecule has 2 aliphatic heterocycles. The van der Waals surface area contributed by atoms with Crippen LogP contribution in [0.15, 0.2) is 82.7 Å². The lowest BCUT2D eigenvalue weighted by Gasteiger charge is -2.29. The van der Waals surface area contributed by atoms with Crippen molar-refractivity contribution < 1.29 is 23.9 Å². The highest BCUT2D eigenvalue weighted by Crippen LogP contribution is 2.38. The first-order valence-corrected chi connectivity index (χ1v) is 15.3. The fourth-order valence-corrected chi connectivity index (χ4v) is 6.07. The topological polar surface area (TPSA) is 76.2 Å². The van der Waals surface area contributed by atoms with Gasteiger partial charge in [0.2, 0.25) is 5.91 Å². The fraction of sp³-hybridized carbons (Fsp3) is 0.242. The van der Waals surface area contributed by atoms with Crippen molar-refractivity contribution >= 4 is 50.8 Å². The molecule has 0 unspecified atom stereocenters. The minimum Gasteiger partial charge on any atom is -0.490 e. The number of benzene rings is 3. The summed E-state index contributed by atoms with van der Waals surface area (Å²) in [6, 6.07) is 19.6. The van der Waals surface area contributed by atoms with Crippen LogP contribution in [0.2, 0.25) is 0 Å². The molecule has 0 N–H and O–H groups in total. The van der Waals surface area contributed by atoms with Crippen molar-refractivity contribution in [2.45, 2.75) is 32.9 Å². The third-order valence-electron chi connectivity index (χ3n) is 7.06. The maximum atomic E-state index is 13.3. The molecule has 1 saturated heterocycles. The van der Waals surface area contributed by atoms with E-state index >= 15 is 0 Å². The molecule has 3 aromatic carbocycles. The quantitative estimate of drug-likeness (QED) is 0.179. The number of carbonyl (C=O) groups excluding carboxylic acids is 3. The fourth-order valence-electron chi connectivity index (χ4n) is 4.97. The second-order valence-electron chi connectivity index (χ2n) is 9.95. The zero-order chi connectivity index (χ0) is 29.6. The molecule has 9 heteroatoms. The Morgan fingerprint density at radius 2 is 1.83 bits per heavy atom. The number of amides is 3. The van der Waals surface area contributed by atoms with Crippen LogP contribution < -0.4 is 9.47 Å². The maximum Gasteiger partial charge on any atom is 0.294 e. The van der Waals surface area contributed by atoms with Gasteiger partial charge in [-0.3, -0.25) is 19.3 Å². The molecule has 216 valence electrons. The van der Waals surface area contributed by atoms with E-state index in [1.54, 1.807) is 23.1 Å². The molecule has 0 radical (unpaired) electrons. The van der Waals surface area contributed by atoms with Crippen molar-refractivity contribution in [3.63, 3.8) is 0 Å². The number of imide groups is 1. The van der Waals surface area contributed by atoms with E-state index < -0.39 is 11.1 Å². The first-order valence-electron chi connectivity index (χ1n) is 13.7. The van der Waals surface area contributed by atoms with Crippen LogP contribution in [0.4, 0.5) is 4.79 Å². The number of rotatable bonds is 10. The molecule has 7 nitrogen and oxygen atoms in total. The molecule has 5 rings (SSSR count). The lowest BCUT2D eigenvalue weighted by molar-refractivity contribution is -0.136. The van der Waals surface area contributed by atoms with Crippen molar-refractivity contribution in [2.24, 2.45) is 0 Å². The molecule has 1 fully saturated rings. The zero-order valence-corrected chi connectivity index (χ0v) is 25.7. The second-order valence-corrected chi connectivity index (χ2v) is 11.9. The first kappa shape index (κ1) is 29.7. The second kappa shape index (κ2) is 13.4. The summed E-state index contributed by atoms with van der Waals surface area (Å²) in [6.07, 6.45) is 4.72. The number of hydrogen-bond donors (Lipinski definition) is 0. The average Bonchev–Trinajstić information content (AvgIpc) is 3.24. The highest BCUT2D eigenvalue weighted by atomic mass is 79.9. The lowest BCUT2D eigenvalue weighted by Crippen LogP contribution is -2.44. The normalized spacial score (nSPS) is 15.6. The number of fused-ring (bicyclic) bond motifs is 1. The molecule has 2 aliphatic rings. The lowest BCUT2D eigenvalue weighted by atomic mass is 10.00. The van der Waals surface area contributed by atoms with Crippen molar-refractivity contribution in [1.29, 1.82) is 0 Å². The number of nitrogens with zero attached hydrogens (tertiary/aromatic N) is 2. The standard InChI is InChI=1S/C33H31BrN2O5S/c1-3-7-25-16-23(17-28(40-4-2)31(25)41-21-22-10-12-27(34)13-11-22)18-29-32(38)36(33(39)42-29)20-30(37)35-15-14-24-8-5-6-9-26(24)19-35/h3,5-6,8-13,16-18H,1,4,7,14-15,19-21H2,2H3/b29-18-. The molecule has 3 amide bonds. The minimum atomic E-state index is -0.477. The van der Waals surface area contributed by atoms with Gasteiger partial charge in [-0.25, -0.2) is 0 Å². The maximum absolute atomic E-state index is 13.3. The van der Waals surface area contributed by atoms with E-state index in [2.05, 4.69) is 28.6 Å². The van der Waals surface area contributed by atoms with Crippen LogP contribution >= 0.6 is 27.7 Å². The summed E-state index contributed by atoms with van der Waals surface area (Å²) < 4.78 is 13.1. The van der Waals surface area contributed by atoms with Crippen LogP contribution in [0.1, 0.15) is 34.7 Å². The summed E-state index contributed by atoms with van der Waals surface area (Å²) in [5, 5.41) is -0.456. The van der Waals surface area contributed by atoms with Crippen LogP contribution in [0.3, 0.4) is 0 Å². The van der Waals surface area contributed by atoms with Crippen molar-refractivity contribution in [3.8, 4) is 11.5 Å². The molecule has 0 aliphatic carbocycles. The van der Waals surface area contributed by atoms with Gasteiger partial charge in [-0.15, -0.1) is 6.58 Å². The van der Waals surface area contributed by atoms with Gasteiger partial charge >= 0.3 is 0 Å². The summed E-state index contributed by atoms with van der Waals surface area (Å²) in [6.45, 7) is 7.30. The van der Waals surface area contributed by atoms with Crippen molar-refractivity contribution in [1.82, 2.24) is 9.80 Å². The number of hydrogen-bond acceptors (Lipinski definition) is 6. The summed E-state index contributed by atoms with van der Waals surface area (Å²) in [5.41, 5.74) is 4.86. The summed E-state index contributed by atoms with van der Waals surface area (Å²) in [5.74, 6) is 0.431. The number of carbonyl (C=O) groups is 3. The van der Waals surface area contributed by atoms with Crippen LogP contribution in [-0.4, -0.2) is 46.5 Å². The van der Waals surface area contributed by atoms with E-state index in [-0.39, 0.29) is 17.4 Å². The van der Waals surface area contributed by atoms with E-state index in [4.69, 9.17) is 9.47 Å². The van der Waals surface area contributed by atoms with Crippen molar-refractivity contribution in [2.75, 3.05) is 19.7 Å². The highest BCUT2D eigenvalue weighted by Gasteiger charge is 2.37. The molecule has 0 aromatic heterocycles.